The van der Waals surface area contributed by atoms with Crippen LogP contribution >= 0.6 is 15.9 Å². The van der Waals surface area contributed by atoms with E-state index >= 15 is 0 Å². The van der Waals surface area contributed by atoms with E-state index in [1.54, 1.807) is 6.07 Å². The van der Waals surface area contributed by atoms with Gasteiger partial charge in [0.2, 0.25) is 0 Å². The van der Waals surface area contributed by atoms with Gasteiger partial charge in [0.1, 0.15) is 16.4 Å². The molecule has 14 heavy (non-hydrogen) atoms. The Balaban J connectivity index is 3.15. The van der Waals surface area contributed by atoms with Crippen LogP contribution in [0.2, 0.25) is 0 Å². The van der Waals surface area contributed by atoms with E-state index < -0.39 is 10.6 Å². The van der Waals surface area contributed by atoms with E-state index in [9.17, 15) is 9.18 Å². The number of aliphatic hydroxyl groups is 1. The lowest BCUT2D eigenvalue weighted by molar-refractivity contribution is -0.116. The summed E-state index contributed by atoms with van der Waals surface area (Å²) in [5, 5.41) is 8.82. The lowest BCUT2D eigenvalue weighted by atomic mass is 10.1. The summed E-state index contributed by atoms with van der Waals surface area (Å²) in [6.07, 6.45) is 0. The van der Waals surface area contributed by atoms with Gasteiger partial charge in [-0.3, -0.25) is 4.79 Å². The zero-order chi connectivity index (χ0) is 10.7. The van der Waals surface area contributed by atoms with E-state index in [4.69, 9.17) is 5.11 Å². The summed E-state index contributed by atoms with van der Waals surface area (Å²) in [4.78, 5) is 10.4. The third-order valence-corrected chi connectivity index (χ3v) is 3.05. The fourth-order valence-corrected chi connectivity index (χ4v) is 1.49. The molecule has 1 N–H and O–H groups in total. The molecule has 1 aromatic rings. The van der Waals surface area contributed by atoms with Crippen LogP contribution < -0.4 is 0 Å². The van der Waals surface area contributed by atoms with Crippen molar-refractivity contribution in [2.45, 2.75) is 18.4 Å². The topological polar surface area (TPSA) is 37.3 Å². The zero-order valence-corrected chi connectivity index (χ0v) is 9.21. The van der Waals surface area contributed by atoms with Crippen molar-refractivity contribution in [1.29, 1.82) is 0 Å². The Kier molecular flexibility index (Phi) is 3.77. The summed E-state index contributed by atoms with van der Waals surface area (Å²) in [6.45, 7) is 1.02. The van der Waals surface area contributed by atoms with E-state index in [0.717, 1.165) is 0 Å². The molecule has 0 fully saturated rings. The first-order valence-corrected chi connectivity index (χ1v) is 5.02. The minimum atomic E-state index is -0.644. The number of hydrogen-bond donors (Lipinski definition) is 1. The molecular formula is C10H10BrFO2. The second-order valence-corrected chi connectivity index (χ2v) is 3.87. The SMILES string of the molecule is CC(=O)C(Br)c1cccc(CO)c1F. The van der Waals surface area contributed by atoms with Crippen LogP contribution in [-0.2, 0) is 11.4 Å². The van der Waals surface area contributed by atoms with Crippen molar-refractivity contribution >= 4 is 21.7 Å². The first kappa shape index (κ1) is 11.3. The molecule has 0 aliphatic carbocycles. The average Bonchev–Trinajstić information content (AvgIpc) is 2.17. The fraction of sp³-hybridized carbons (Fsp3) is 0.300. The van der Waals surface area contributed by atoms with Gasteiger partial charge in [-0.15, -0.1) is 0 Å². The van der Waals surface area contributed by atoms with Crippen LogP contribution in [0.25, 0.3) is 0 Å². The highest BCUT2D eigenvalue weighted by Crippen LogP contribution is 2.27. The molecule has 0 radical (unpaired) electrons. The van der Waals surface area contributed by atoms with Crippen molar-refractivity contribution in [1.82, 2.24) is 0 Å². The molecule has 2 nitrogen and oxygen atoms in total. The number of rotatable bonds is 3. The number of aliphatic hydroxyl groups excluding tert-OH is 1. The molecule has 0 heterocycles. The van der Waals surface area contributed by atoms with E-state index in [1.165, 1.54) is 19.1 Å². The molecule has 0 aromatic heterocycles. The van der Waals surface area contributed by atoms with Gasteiger partial charge in [-0.25, -0.2) is 4.39 Å². The number of carbonyl (C=O) groups excluding carboxylic acids is 1. The number of hydrogen-bond acceptors (Lipinski definition) is 2. The number of benzene rings is 1. The van der Waals surface area contributed by atoms with Crippen LogP contribution in [0.1, 0.15) is 22.9 Å². The maximum atomic E-state index is 13.5. The average molecular weight is 261 g/mol. The molecular weight excluding hydrogens is 251 g/mol. The molecule has 1 atom stereocenters. The standard InChI is InChI=1S/C10H10BrFO2/c1-6(14)9(11)8-4-2-3-7(5-13)10(8)12/h2-4,9,13H,5H2,1H3. The Labute approximate surface area is 89.9 Å². The summed E-state index contributed by atoms with van der Waals surface area (Å²) in [6, 6.07) is 4.62. The van der Waals surface area contributed by atoms with Crippen LogP contribution in [0.3, 0.4) is 0 Å². The van der Waals surface area contributed by atoms with Crippen molar-refractivity contribution in [3.8, 4) is 0 Å². The third-order valence-electron chi connectivity index (χ3n) is 1.91. The Morgan fingerprint density at radius 3 is 2.79 bits per heavy atom. The first-order valence-electron chi connectivity index (χ1n) is 4.10. The molecule has 0 aliphatic rings. The van der Waals surface area contributed by atoms with Crippen molar-refractivity contribution in [3.05, 3.63) is 35.1 Å². The van der Waals surface area contributed by atoms with Gasteiger partial charge in [0.25, 0.3) is 0 Å². The summed E-state index contributed by atoms with van der Waals surface area (Å²) >= 11 is 3.09. The lowest BCUT2D eigenvalue weighted by Crippen LogP contribution is -2.05. The highest BCUT2D eigenvalue weighted by Gasteiger charge is 2.18. The minimum Gasteiger partial charge on any atom is -0.392 e. The predicted octanol–water partition coefficient (Wildman–Crippen LogP) is 2.34. The van der Waals surface area contributed by atoms with Crippen molar-refractivity contribution in [3.63, 3.8) is 0 Å². The number of Topliss-reactive ketones (excluding diaryl/α,β-unsaturated/α-hetero) is 1. The lowest BCUT2D eigenvalue weighted by Gasteiger charge is -2.09. The molecule has 1 rings (SSSR count). The van der Waals surface area contributed by atoms with Crippen LogP contribution in [0.5, 0.6) is 0 Å². The summed E-state index contributed by atoms with van der Waals surface area (Å²) in [5.74, 6) is -0.689. The Morgan fingerprint density at radius 2 is 2.29 bits per heavy atom. The van der Waals surface area contributed by atoms with Crippen LogP contribution in [0, 0.1) is 5.82 Å². The van der Waals surface area contributed by atoms with E-state index in [-0.39, 0.29) is 23.5 Å². The molecule has 0 saturated heterocycles. The van der Waals surface area contributed by atoms with Gasteiger partial charge in [0.05, 0.1) is 6.61 Å². The summed E-state index contributed by atoms with van der Waals surface area (Å²) in [5.41, 5.74) is 0.470. The smallest absolute Gasteiger partial charge is 0.147 e. The summed E-state index contributed by atoms with van der Waals surface area (Å²) < 4.78 is 13.5. The van der Waals surface area contributed by atoms with E-state index in [2.05, 4.69) is 15.9 Å². The third kappa shape index (κ3) is 2.19. The largest absolute Gasteiger partial charge is 0.392 e. The Bertz CT molecular complexity index is 352. The predicted molar refractivity (Wildman–Crippen MR) is 54.7 cm³/mol. The number of halogens is 2. The maximum absolute atomic E-state index is 13.5. The van der Waals surface area contributed by atoms with Gasteiger partial charge >= 0.3 is 0 Å². The van der Waals surface area contributed by atoms with Gasteiger partial charge in [0.15, 0.2) is 0 Å². The number of alkyl halides is 1. The van der Waals surface area contributed by atoms with Crippen molar-refractivity contribution in [2.75, 3.05) is 0 Å². The second kappa shape index (κ2) is 4.66. The second-order valence-electron chi connectivity index (χ2n) is 2.95. The van der Waals surface area contributed by atoms with Gasteiger partial charge < -0.3 is 5.11 Å². The molecule has 76 valence electrons. The molecule has 0 bridgehead atoms. The Morgan fingerprint density at radius 1 is 1.64 bits per heavy atom. The zero-order valence-electron chi connectivity index (χ0n) is 7.63. The molecule has 1 aromatic carbocycles. The molecule has 0 spiro atoms. The summed E-state index contributed by atoms with van der Waals surface area (Å²) in [7, 11) is 0. The molecule has 4 heteroatoms. The van der Waals surface area contributed by atoms with E-state index in [1.807, 2.05) is 0 Å². The van der Waals surface area contributed by atoms with Gasteiger partial charge in [-0.2, -0.15) is 0 Å². The monoisotopic (exact) mass is 260 g/mol. The fourth-order valence-electron chi connectivity index (χ4n) is 1.14. The molecule has 0 aliphatic heterocycles. The highest BCUT2D eigenvalue weighted by atomic mass is 79.9. The molecule has 1 unspecified atom stereocenters. The van der Waals surface area contributed by atoms with E-state index in [0.29, 0.717) is 0 Å². The minimum absolute atomic E-state index is 0.168. The quantitative estimate of drug-likeness (QED) is 0.848. The van der Waals surface area contributed by atoms with Crippen LogP contribution in [0.4, 0.5) is 4.39 Å². The first-order chi connectivity index (χ1) is 6.57. The number of carbonyl (C=O) groups is 1. The molecule has 0 amide bonds. The van der Waals surface area contributed by atoms with Crippen molar-refractivity contribution < 1.29 is 14.3 Å². The van der Waals surface area contributed by atoms with Gasteiger partial charge in [-0.05, 0) is 6.92 Å². The van der Waals surface area contributed by atoms with Gasteiger partial charge in [-0.1, -0.05) is 34.1 Å². The maximum Gasteiger partial charge on any atom is 0.147 e. The van der Waals surface area contributed by atoms with Crippen LogP contribution in [-0.4, -0.2) is 10.9 Å². The van der Waals surface area contributed by atoms with Gasteiger partial charge in [0, 0.05) is 11.1 Å². The van der Waals surface area contributed by atoms with Crippen LogP contribution in [0.15, 0.2) is 18.2 Å². The Hall–Kier alpha value is -0.740. The normalized spacial score (nSPS) is 12.6. The molecule has 0 saturated carbocycles. The number of ketones is 1. The van der Waals surface area contributed by atoms with Crippen molar-refractivity contribution in [2.24, 2.45) is 0 Å². The highest BCUT2D eigenvalue weighted by molar-refractivity contribution is 9.09.